The smallest absolute Gasteiger partial charge is 0.410 e. The standard InChI is InChI=1S/C17H23NO2/c1-17(2,3)20-16(19)18-9-8-14-10-13(12-4-5-12)6-7-15(14)11-18/h6-7,10,12H,4-5,8-9,11H2,1-3H3. The number of carbonyl (C=O) groups is 1. The highest BCUT2D eigenvalue weighted by Gasteiger charge is 2.28. The molecule has 0 spiro atoms. The zero-order valence-corrected chi connectivity index (χ0v) is 12.6. The van der Waals surface area contributed by atoms with Gasteiger partial charge in [-0.25, -0.2) is 4.79 Å². The van der Waals surface area contributed by atoms with Crippen LogP contribution in [0.3, 0.4) is 0 Å². The van der Waals surface area contributed by atoms with E-state index >= 15 is 0 Å². The minimum Gasteiger partial charge on any atom is -0.444 e. The number of hydrogen-bond donors (Lipinski definition) is 0. The Morgan fingerprint density at radius 1 is 1.25 bits per heavy atom. The summed E-state index contributed by atoms with van der Waals surface area (Å²) in [5, 5.41) is 0. The summed E-state index contributed by atoms with van der Waals surface area (Å²) in [7, 11) is 0. The van der Waals surface area contributed by atoms with Gasteiger partial charge in [0.2, 0.25) is 0 Å². The number of amides is 1. The number of nitrogens with zero attached hydrogens (tertiary/aromatic N) is 1. The summed E-state index contributed by atoms with van der Waals surface area (Å²) in [5.41, 5.74) is 3.74. The maximum Gasteiger partial charge on any atom is 0.410 e. The van der Waals surface area contributed by atoms with Crippen molar-refractivity contribution in [3.63, 3.8) is 0 Å². The van der Waals surface area contributed by atoms with Crippen LogP contribution in [0.4, 0.5) is 4.79 Å². The normalized spacial score (nSPS) is 18.6. The van der Waals surface area contributed by atoms with Gasteiger partial charge >= 0.3 is 6.09 Å². The zero-order chi connectivity index (χ0) is 14.3. The number of benzene rings is 1. The van der Waals surface area contributed by atoms with Crippen LogP contribution < -0.4 is 0 Å². The van der Waals surface area contributed by atoms with E-state index < -0.39 is 5.60 Å². The van der Waals surface area contributed by atoms with Crippen LogP contribution in [0.2, 0.25) is 0 Å². The van der Waals surface area contributed by atoms with Crippen molar-refractivity contribution < 1.29 is 9.53 Å². The second-order valence-corrected chi connectivity index (χ2v) is 6.95. The first-order valence-corrected chi connectivity index (χ1v) is 7.52. The van der Waals surface area contributed by atoms with Crippen molar-refractivity contribution in [1.29, 1.82) is 0 Å². The fourth-order valence-electron chi connectivity index (χ4n) is 2.73. The molecule has 0 bridgehead atoms. The Kier molecular flexibility index (Phi) is 3.23. The first kappa shape index (κ1) is 13.5. The molecule has 20 heavy (non-hydrogen) atoms. The highest BCUT2D eigenvalue weighted by molar-refractivity contribution is 5.68. The molecule has 108 valence electrons. The van der Waals surface area contributed by atoms with Gasteiger partial charge in [-0.05, 0) is 62.6 Å². The summed E-state index contributed by atoms with van der Waals surface area (Å²) in [4.78, 5) is 13.9. The Bertz CT molecular complexity index is 526. The second-order valence-electron chi connectivity index (χ2n) is 6.95. The van der Waals surface area contributed by atoms with Crippen LogP contribution in [-0.2, 0) is 17.7 Å². The van der Waals surface area contributed by atoms with Crippen LogP contribution >= 0.6 is 0 Å². The Labute approximate surface area is 120 Å². The van der Waals surface area contributed by atoms with E-state index in [4.69, 9.17) is 4.74 Å². The minimum absolute atomic E-state index is 0.200. The predicted octanol–water partition coefficient (Wildman–Crippen LogP) is 3.86. The van der Waals surface area contributed by atoms with Crippen molar-refractivity contribution in [3.8, 4) is 0 Å². The van der Waals surface area contributed by atoms with Crippen LogP contribution in [0, 0.1) is 0 Å². The molecule has 1 saturated carbocycles. The van der Waals surface area contributed by atoms with Crippen molar-refractivity contribution in [3.05, 3.63) is 34.9 Å². The van der Waals surface area contributed by atoms with E-state index in [0.717, 1.165) is 18.9 Å². The first-order chi connectivity index (χ1) is 9.42. The maximum absolute atomic E-state index is 12.1. The number of fused-ring (bicyclic) bond motifs is 1. The van der Waals surface area contributed by atoms with Crippen LogP contribution in [0.5, 0.6) is 0 Å². The zero-order valence-electron chi connectivity index (χ0n) is 12.6. The van der Waals surface area contributed by atoms with Gasteiger partial charge < -0.3 is 9.64 Å². The predicted molar refractivity (Wildman–Crippen MR) is 78.8 cm³/mol. The quantitative estimate of drug-likeness (QED) is 0.777. The van der Waals surface area contributed by atoms with E-state index in [0.29, 0.717) is 6.54 Å². The lowest BCUT2D eigenvalue weighted by Gasteiger charge is -2.31. The molecular formula is C17H23NO2. The molecule has 3 rings (SSSR count). The van der Waals surface area contributed by atoms with Crippen LogP contribution in [0.1, 0.15) is 56.2 Å². The largest absolute Gasteiger partial charge is 0.444 e. The summed E-state index contributed by atoms with van der Waals surface area (Å²) >= 11 is 0. The number of carbonyl (C=O) groups excluding carboxylic acids is 1. The summed E-state index contributed by atoms with van der Waals surface area (Å²) in [6.45, 7) is 7.16. The lowest BCUT2D eigenvalue weighted by molar-refractivity contribution is 0.0224. The van der Waals surface area contributed by atoms with Crippen molar-refractivity contribution >= 4 is 6.09 Å². The molecule has 1 aliphatic heterocycles. The molecule has 0 atom stereocenters. The third kappa shape index (κ3) is 2.97. The number of hydrogen-bond acceptors (Lipinski definition) is 2. The monoisotopic (exact) mass is 273 g/mol. The molecule has 0 unspecified atom stereocenters. The molecule has 0 aromatic heterocycles. The summed E-state index contributed by atoms with van der Waals surface area (Å²) in [6, 6.07) is 6.77. The lowest BCUT2D eigenvalue weighted by Crippen LogP contribution is -2.39. The van der Waals surface area contributed by atoms with Gasteiger partial charge in [-0.1, -0.05) is 18.2 Å². The highest BCUT2D eigenvalue weighted by atomic mass is 16.6. The summed E-state index contributed by atoms with van der Waals surface area (Å²) in [5.74, 6) is 0.796. The Morgan fingerprint density at radius 2 is 2.00 bits per heavy atom. The Morgan fingerprint density at radius 3 is 2.65 bits per heavy atom. The highest BCUT2D eigenvalue weighted by Crippen LogP contribution is 2.41. The molecule has 3 heteroatoms. The van der Waals surface area contributed by atoms with Gasteiger partial charge in [-0.3, -0.25) is 0 Å². The fraction of sp³-hybridized carbons (Fsp3) is 0.588. The number of rotatable bonds is 1. The van der Waals surface area contributed by atoms with Gasteiger partial charge in [0, 0.05) is 13.1 Å². The van der Waals surface area contributed by atoms with Crippen molar-refractivity contribution in [2.45, 2.75) is 58.1 Å². The molecule has 1 heterocycles. The Hall–Kier alpha value is -1.51. The molecule has 2 aliphatic rings. The van der Waals surface area contributed by atoms with Crippen molar-refractivity contribution in [1.82, 2.24) is 4.90 Å². The average Bonchev–Trinajstić information content (AvgIpc) is 3.19. The Balaban J connectivity index is 1.70. The third-order valence-electron chi connectivity index (χ3n) is 3.94. The van der Waals surface area contributed by atoms with Gasteiger partial charge in [0.05, 0.1) is 0 Å². The molecule has 1 aromatic rings. The van der Waals surface area contributed by atoms with E-state index in [-0.39, 0.29) is 6.09 Å². The molecule has 0 N–H and O–H groups in total. The summed E-state index contributed by atoms with van der Waals surface area (Å²) in [6.07, 6.45) is 3.41. The molecular weight excluding hydrogens is 250 g/mol. The van der Waals surface area contributed by atoms with Gasteiger partial charge in [0.15, 0.2) is 0 Å². The molecule has 1 aromatic carbocycles. The van der Waals surface area contributed by atoms with E-state index in [1.807, 2.05) is 25.7 Å². The molecule has 1 fully saturated rings. The molecule has 0 saturated heterocycles. The van der Waals surface area contributed by atoms with Crippen LogP contribution in [0.15, 0.2) is 18.2 Å². The lowest BCUT2D eigenvalue weighted by atomic mass is 9.96. The van der Waals surface area contributed by atoms with Gasteiger partial charge in [0.25, 0.3) is 0 Å². The van der Waals surface area contributed by atoms with Crippen LogP contribution in [-0.4, -0.2) is 23.1 Å². The second kappa shape index (κ2) is 4.80. The summed E-state index contributed by atoms with van der Waals surface area (Å²) < 4.78 is 5.45. The van der Waals surface area contributed by atoms with Crippen LogP contribution in [0.25, 0.3) is 0 Å². The van der Waals surface area contributed by atoms with E-state index in [2.05, 4.69) is 18.2 Å². The van der Waals surface area contributed by atoms with Crippen molar-refractivity contribution in [2.75, 3.05) is 6.54 Å². The average molecular weight is 273 g/mol. The SMILES string of the molecule is CC(C)(C)OC(=O)N1CCc2cc(C3CC3)ccc2C1. The topological polar surface area (TPSA) is 29.5 Å². The van der Waals surface area contributed by atoms with E-state index in [1.165, 1.54) is 29.5 Å². The third-order valence-corrected chi connectivity index (χ3v) is 3.94. The fourth-order valence-corrected chi connectivity index (χ4v) is 2.73. The molecule has 0 radical (unpaired) electrons. The first-order valence-electron chi connectivity index (χ1n) is 7.52. The maximum atomic E-state index is 12.1. The van der Waals surface area contributed by atoms with E-state index in [9.17, 15) is 4.79 Å². The number of ether oxygens (including phenoxy) is 1. The molecule has 1 amide bonds. The molecule has 1 aliphatic carbocycles. The van der Waals surface area contributed by atoms with Gasteiger partial charge in [-0.15, -0.1) is 0 Å². The minimum atomic E-state index is -0.423. The van der Waals surface area contributed by atoms with Crippen molar-refractivity contribution in [2.24, 2.45) is 0 Å². The van der Waals surface area contributed by atoms with E-state index in [1.54, 1.807) is 0 Å². The van der Waals surface area contributed by atoms with Gasteiger partial charge in [-0.2, -0.15) is 0 Å². The van der Waals surface area contributed by atoms with Gasteiger partial charge in [0.1, 0.15) is 5.60 Å². The molecule has 3 nitrogen and oxygen atoms in total.